The molecule has 1 N–H and O–H groups in total. The third-order valence-electron chi connectivity index (χ3n) is 2.78. The predicted molar refractivity (Wildman–Crippen MR) is 67.1 cm³/mol. The summed E-state index contributed by atoms with van der Waals surface area (Å²) < 4.78 is 1.68. The van der Waals surface area contributed by atoms with Crippen molar-refractivity contribution in [3.63, 3.8) is 0 Å². The molecule has 2 aromatic rings. The molecule has 0 saturated carbocycles. The first-order valence-corrected chi connectivity index (χ1v) is 5.93. The summed E-state index contributed by atoms with van der Waals surface area (Å²) >= 11 is 0. The number of hydrogen-bond donors (Lipinski definition) is 1. The summed E-state index contributed by atoms with van der Waals surface area (Å²) in [6, 6.07) is 5.44. The average Bonchev–Trinajstić information content (AvgIpc) is 2.81. The van der Waals surface area contributed by atoms with E-state index in [9.17, 15) is 4.79 Å². The largest absolute Gasteiger partial charge is 0.476 e. The van der Waals surface area contributed by atoms with E-state index in [1.54, 1.807) is 16.8 Å². The van der Waals surface area contributed by atoms with Gasteiger partial charge in [-0.25, -0.2) is 14.5 Å². The average molecular weight is 245 g/mol. The Balaban J connectivity index is 2.61. The monoisotopic (exact) mass is 245 g/mol. The highest BCUT2D eigenvalue weighted by atomic mass is 16.4. The van der Waals surface area contributed by atoms with Crippen LogP contribution < -0.4 is 0 Å². The van der Waals surface area contributed by atoms with Crippen molar-refractivity contribution in [1.29, 1.82) is 0 Å². The molecule has 0 aromatic carbocycles. The quantitative estimate of drug-likeness (QED) is 0.895. The molecule has 2 aromatic heterocycles. The molecule has 0 bridgehead atoms. The van der Waals surface area contributed by atoms with Gasteiger partial charge in [0.25, 0.3) is 0 Å². The molecular weight excluding hydrogens is 230 g/mol. The van der Waals surface area contributed by atoms with E-state index in [0.717, 1.165) is 24.2 Å². The molecule has 0 saturated heterocycles. The molecule has 0 aliphatic rings. The number of aryl methyl sites for hydroxylation is 2. The molecule has 0 amide bonds. The predicted octanol–water partition coefficient (Wildman–Crippen LogP) is 2.09. The van der Waals surface area contributed by atoms with Crippen molar-refractivity contribution in [2.75, 3.05) is 0 Å². The van der Waals surface area contributed by atoms with Gasteiger partial charge in [0, 0.05) is 11.9 Å². The minimum Gasteiger partial charge on any atom is -0.476 e. The van der Waals surface area contributed by atoms with Gasteiger partial charge in [-0.2, -0.15) is 5.10 Å². The molecule has 0 atom stereocenters. The van der Waals surface area contributed by atoms with Gasteiger partial charge in [0.1, 0.15) is 0 Å². The zero-order valence-corrected chi connectivity index (χ0v) is 10.4. The molecule has 2 heterocycles. The van der Waals surface area contributed by atoms with E-state index < -0.39 is 5.97 Å². The van der Waals surface area contributed by atoms with Crippen LogP contribution in [0.4, 0.5) is 0 Å². The molecule has 18 heavy (non-hydrogen) atoms. The maximum atomic E-state index is 11.2. The van der Waals surface area contributed by atoms with Crippen molar-refractivity contribution >= 4 is 5.97 Å². The van der Waals surface area contributed by atoms with E-state index in [2.05, 4.69) is 10.1 Å². The first-order chi connectivity index (χ1) is 8.67. The number of carboxylic acid groups (broad SMARTS) is 1. The Morgan fingerprint density at radius 3 is 2.78 bits per heavy atom. The smallest absolute Gasteiger partial charge is 0.356 e. The van der Waals surface area contributed by atoms with Gasteiger partial charge in [-0.1, -0.05) is 13.8 Å². The van der Waals surface area contributed by atoms with Gasteiger partial charge >= 0.3 is 5.97 Å². The second-order valence-electron chi connectivity index (χ2n) is 3.92. The Bertz CT molecular complexity index is 575. The minimum absolute atomic E-state index is 0.0259. The lowest BCUT2D eigenvalue weighted by atomic mass is 10.2. The number of carboxylic acids is 1. The van der Waals surface area contributed by atoms with Crippen molar-refractivity contribution in [3.05, 3.63) is 41.5 Å². The highest BCUT2D eigenvalue weighted by Crippen LogP contribution is 2.16. The van der Waals surface area contributed by atoms with Gasteiger partial charge in [0.2, 0.25) is 0 Å². The van der Waals surface area contributed by atoms with Crippen LogP contribution in [-0.2, 0) is 12.8 Å². The molecule has 0 aliphatic heterocycles. The second-order valence-corrected chi connectivity index (χ2v) is 3.92. The third kappa shape index (κ3) is 2.11. The third-order valence-corrected chi connectivity index (χ3v) is 2.78. The lowest BCUT2D eigenvalue weighted by Gasteiger charge is -2.07. The van der Waals surface area contributed by atoms with Crippen molar-refractivity contribution in [1.82, 2.24) is 14.8 Å². The number of pyridine rings is 1. The molecule has 0 radical (unpaired) electrons. The van der Waals surface area contributed by atoms with Gasteiger partial charge in [0.05, 0.1) is 11.4 Å². The van der Waals surface area contributed by atoms with Crippen LogP contribution in [0.15, 0.2) is 24.4 Å². The number of aromatic carboxylic acids is 1. The normalized spacial score (nSPS) is 10.6. The zero-order valence-electron chi connectivity index (χ0n) is 10.4. The van der Waals surface area contributed by atoms with Crippen LogP contribution in [0, 0.1) is 0 Å². The van der Waals surface area contributed by atoms with Crippen molar-refractivity contribution < 1.29 is 9.90 Å². The highest BCUT2D eigenvalue weighted by molar-refractivity contribution is 5.89. The van der Waals surface area contributed by atoms with Crippen molar-refractivity contribution in [2.45, 2.75) is 26.7 Å². The van der Waals surface area contributed by atoms with Gasteiger partial charge in [-0.15, -0.1) is 0 Å². The highest BCUT2D eigenvalue weighted by Gasteiger charge is 2.16. The summed E-state index contributed by atoms with van der Waals surface area (Å²) in [5.41, 5.74) is 2.48. The van der Waals surface area contributed by atoms with E-state index in [4.69, 9.17) is 5.11 Å². The Labute approximate surface area is 105 Å². The Morgan fingerprint density at radius 2 is 2.17 bits per heavy atom. The van der Waals surface area contributed by atoms with Crippen molar-refractivity contribution in [3.8, 4) is 5.69 Å². The fraction of sp³-hybridized carbons (Fsp3) is 0.308. The van der Waals surface area contributed by atoms with Gasteiger partial charge < -0.3 is 5.11 Å². The van der Waals surface area contributed by atoms with Crippen LogP contribution in [0.2, 0.25) is 0 Å². The number of nitrogens with zero attached hydrogens (tertiary/aromatic N) is 3. The lowest BCUT2D eigenvalue weighted by Crippen LogP contribution is -2.10. The second kappa shape index (κ2) is 5.00. The topological polar surface area (TPSA) is 68.0 Å². The van der Waals surface area contributed by atoms with Crippen LogP contribution >= 0.6 is 0 Å². The maximum Gasteiger partial charge on any atom is 0.356 e. The molecule has 5 nitrogen and oxygen atoms in total. The van der Waals surface area contributed by atoms with Crippen LogP contribution in [0.3, 0.4) is 0 Å². The van der Waals surface area contributed by atoms with Crippen LogP contribution in [-0.4, -0.2) is 25.8 Å². The molecule has 0 unspecified atom stereocenters. The number of hydrogen-bond acceptors (Lipinski definition) is 3. The number of rotatable bonds is 4. The molecule has 94 valence electrons. The van der Waals surface area contributed by atoms with E-state index in [-0.39, 0.29) is 5.69 Å². The van der Waals surface area contributed by atoms with E-state index in [1.807, 2.05) is 19.9 Å². The Morgan fingerprint density at radius 1 is 1.39 bits per heavy atom. The first-order valence-electron chi connectivity index (χ1n) is 5.93. The van der Waals surface area contributed by atoms with Crippen LogP contribution in [0.1, 0.15) is 35.7 Å². The standard InChI is InChI=1S/C13H15N3O2/c1-3-9-8-10(4-2)16(15-9)11-6-5-7-14-12(11)13(17)18/h5-8H,3-4H2,1-2H3,(H,17,18). The molecule has 0 spiro atoms. The van der Waals surface area contributed by atoms with Crippen LogP contribution in [0.5, 0.6) is 0 Å². The summed E-state index contributed by atoms with van der Waals surface area (Å²) in [6.45, 7) is 4.04. The molecule has 0 aliphatic carbocycles. The van der Waals surface area contributed by atoms with E-state index in [0.29, 0.717) is 5.69 Å². The number of aromatic nitrogens is 3. The number of carbonyl (C=O) groups is 1. The Kier molecular flexibility index (Phi) is 3.41. The summed E-state index contributed by atoms with van der Waals surface area (Å²) in [5, 5.41) is 13.6. The summed E-state index contributed by atoms with van der Waals surface area (Å²) in [6.07, 6.45) is 3.09. The molecule has 0 fully saturated rings. The zero-order chi connectivity index (χ0) is 13.1. The molecule has 2 rings (SSSR count). The Hall–Kier alpha value is -2.17. The molecule has 5 heteroatoms. The van der Waals surface area contributed by atoms with Gasteiger partial charge in [-0.05, 0) is 31.0 Å². The molecular formula is C13H15N3O2. The fourth-order valence-electron chi connectivity index (χ4n) is 1.84. The van der Waals surface area contributed by atoms with Gasteiger partial charge in [-0.3, -0.25) is 0 Å². The summed E-state index contributed by atoms with van der Waals surface area (Å²) in [4.78, 5) is 15.1. The van der Waals surface area contributed by atoms with Crippen LogP contribution in [0.25, 0.3) is 5.69 Å². The lowest BCUT2D eigenvalue weighted by molar-refractivity contribution is 0.0690. The summed E-state index contributed by atoms with van der Waals surface area (Å²) in [5.74, 6) is -1.04. The SMILES string of the molecule is CCc1cc(CC)n(-c2cccnc2C(=O)O)n1. The van der Waals surface area contributed by atoms with Gasteiger partial charge in [0.15, 0.2) is 5.69 Å². The minimum atomic E-state index is -1.04. The van der Waals surface area contributed by atoms with Crippen molar-refractivity contribution in [2.24, 2.45) is 0 Å². The maximum absolute atomic E-state index is 11.2. The van der Waals surface area contributed by atoms with E-state index >= 15 is 0 Å². The fourth-order valence-corrected chi connectivity index (χ4v) is 1.84. The van der Waals surface area contributed by atoms with E-state index in [1.165, 1.54) is 6.20 Å². The first kappa shape index (κ1) is 12.3. The summed E-state index contributed by atoms with van der Waals surface area (Å²) in [7, 11) is 0.